The maximum atomic E-state index is 11.6. The predicted octanol–water partition coefficient (Wildman–Crippen LogP) is 3.04. The number of amides is 1. The molecule has 1 fully saturated rings. The second kappa shape index (κ2) is 5.12. The van der Waals surface area contributed by atoms with Crippen LogP contribution in [0.1, 0.15) is 28.9 Å². The molecule has 0 spiro atoms. The smallest absolute Gasteiger partial charge is 0.261 e. The predicted molar refractivity (Wildman–Crippen MR) is 66.7 cm³/mol. The standard InChI is InChI=1S/C11H14BrNOS/c12-9-4-3-8(6-9)7-13-11(14)10-2-1-5-15-10/h1-2,5,8-9H,3-4,6-7H2,(H,13,14). The lowest BCUT2D eigenvalue weighted by Gasteiger charge is -2.09. The van der Waals surface area contributed by atoms with Crippen LogP contribution >= 0.6 is 27.3 Å². The van der Waals surface area contributed by atoms with Crippen LogP contribution in [0.15, 0.2) is 17.5 Å². The van der Waals surface area contributed by atoms with E-state index in [1.807, 2.05) is 17.5 Å². The van der Waals surface area contributed by atoms with Crippen molar-refractivity contribution in [2.75, 3.05) is 6.54 Å². The first-order valence-electron chi connectivity index (χ1n) is 5.21. The summed E-state index contributed by atoms with van der Waals surface area (Å²) in [6, 6.07) is 3.77. The van der Waals surface area contributed by atoms with Crippen molar-refractivity contribution in [3.63, 3.8) is 0 Å². The summed E-state index contributed by atoms with van der Waals surface area (Å²) in [7, 11) is 0. The lowest BCUT2D eigenvalue weighted by atomic mass is 10.1. The van der Waals surface area contributed by atoms with E-state index in [0.717, 1.165) is 11.4 Å². The minimum atomic E-state index is 0.0722. The Kier molecular flexibility index (Phi) is 3.81. The van der Waals surface area contributed by atoms with Crippen LogP contribution in [0.3, 0.4) is 0 Å². The number of alkyl halides is 1. The fourth-order valence-electron chi connectivity index (χ4n) is 1.93. The molecule has 1 N–H and O–H groups in total. The minimum absolute atomic E-state index is 0.0722. The zero-order valence-electron chi connectivity index (χ0n) is 8.41. The maximum Gasteiger partial charge on any atom is 0.261 e. The number of halogens is 1. The molecule has 15 heavy (non-hydrogen) atoms. The van der Waals surface area contributed by atoms with Gasteiger partial charge in [-0.1, -0.05) is 22.0 Å². The van der Waals surface area contributed by atoms with Gasteiger partial charge in [-0.2, -0.15) is 0 Å². The molecule has 1 aromatic rings. The van der Waals surface area contributed by atoms with Crippen molar-refractivity contribution in [2.45, 2.75) is 24.1 Å². The van der Waals surface area contributed by atoms with Crippen LogP contribution in [-0.2, 0) is 0 Å². The fraction of sp³-hybridized carbons (Fsp3) is 0.545. The third-order valence-electron chi connectivity index (χ3n) is 2.77. The van der Waals surface area contributed by atoms with Gasteiger partial charge in [-0.15, -0.1) is 11.3 Å². The third kappa shape index (κ3) is 3.05. The first-order valence-corrected chi connectivity index (χ1v) is 7.01. The number of rotatable bonds is 3. The van der Waals surface area contributed by atoms with Crippen LogP contribution in [0.4, 0.5) is 0 Å². The van der Waals surface area contributed by atoms with Crippen LogP contribution in [0.25, 0.3) is 0 Å². The lowest BCUT2D eigenvalue weighted by molar-refractivity contribution is 0.0951. The summed E-state index contributed by atoms with van der Waals surface area (Å²) in [5.74, 6) is 0.723. The Bertz CT molecular complexity index is 325. The van der Waals surface area contributed by atoms with Crippen molar-refractivity contribution in [3.05, 3.63) is 22.4 Å². The molecule has 1 heterocycles. The normalized spacial score (nSPS) is 25.4. The Hall–Kier alpha value is -0.350. The van der Waals surface area contributed by atoms with Crippen molar-refractivity contribution >= 4 is 33.2 Å². The number of thiophene rings is 1. The minimum Gasteiger partial charge on any atom is -0.351 e. The molecule has 0 radical (unpaired) electrons. The molecule has 0 bridgehead atoms. The number of carbonyl (C=O) groups is 1. The molecule has 2 unspecified atom stereocenters. The molecular formula is C11H14BrNOS. The Balaban J connectivity index is 1.76. The topological polar surface area (TPSA) is 29.1 Å². The van der Waals surface area contributed by atoms with Crippen LogP contribution in [0.5, 0.6) is 0 Å². The van der Waals surface area contributed by atoms with E-state index in [0.29, 0.717) is 10.7 Å². The van der Waals surface area contributed by atoms with E-state index in [9.17, 15) is 4.79 Å². The zero-order chi connectivity index (χ0) is 10.7. The molecule has 2 nitrogen and oxygen atoms in total. The molecule has 4 heteroatoms. The van der Waals surface area contributed by atoms with Crippen LogP contribution in [0.2, 0.25) is 0 Å². The Labute approximate surface area is 102 Å². The largest absolute Gasteiger partial charge is 0.351 e. The number of nitrogens with one attached hydrogen (secondary N) is 1. The van der Waals surface area contributed by atoms with E-state index < -0.39 is 0 Å². The third-order valence-corrected chi connectivity index (χ3v) is 4.47. The Morgan fingerprint density at radius 1 is 1.60 bits per heavy atom. The first-order chi connectivity index (χ1) is 7.25. The summed E-state index contributed by atoms with van der Waals surface area (Å²) in [6.45, 7) is 0.818. The van der Waals surface area contributed by atoms with Crippen molar-refractivity contribution in [1.82, 2.24) is 5.32 Å². The van der Waals surface area contributed by atoms with E-state index in [2.05, 4.69) is 21.2 Å². The molecule has 0 saturated heterocycles. The van der Waals surface area contributed by atoms with E-state index in [-0.39, 0.29) is 5.91 Å². The van der Waals surface area contributed by atoms with Crippen molar-refractivity contribution in [2.24, 2.45) is 5.92 Å². The molecular weight excluding hydrogens is 274 g/mol. The lowest BCUT2D eigenvalue weighted by Crippen LogP contribution is -2.27. The summed E-state index contributed by atoms with van der Waals surface area (Å²) in [6.07, 6.45) is 3.64. The highest BCUT2D eigenvalue weighted by Crippen LogP contribution is 2.30. The van der Waals surface area contributed by atoms with Gasteiger partial charge in [0.25, 0.3) is 5.91 Å². The molecule has 0 aliphatic heterocycles. The van der Waals surface area contributed by atoms with Gasteiger partial charge in [-0.25, -0.2) is 0 Å². The number of hydrogen-bond donors (Lipinski definition) is 1. The summed E-state index contributed by atoms with van der Waals surface area (Å²) in [5, 5.41) is 4.93. The molecule has 1 aromatic heterocycles. The number of hydrogen-bond acceptors (Lipinski definition) is 2. The van der Waals surface area contributed by atoms with E-state index in [4.69, 9.17) is 0 Å². The van der Waals surface area contributed by atoms with Gasteiger partial charge in [-0.3, -0.25) is 4.79 Å². The maximum absolute atomic E-state index is 11.6. The van der Waals surface area contributed by atoms with Crippen molar-refractivity contribution in [3.8, 4) is 0 Å². The van der Waals surface area contributed by atoms with Crippen LogP contribution < -0.4 is 5.32 Å². The summed E-state index contributed by atoms with van der Waals surface area (Å²) in [4.78, 5) is 13.1. The summed E-state index contributed by atoms with van der Waals surface area (Å²) in [5.41, 5.74) is 0. The van der Waals surface area contributed by atoms with Crippen LogP contribution in [-0.4, -0.2) is 17.3 Å². The summed E-state index contributed by atoms with van der Waals surface area (Å²) < 4.78 is 0. The summed E-state index contributed by atoms with van der Waals surface area (Å²) >= 11 is 5.11. The SMILES string of the molecule is O=C(NCC1CCC(Br)C1)c1cccs1. The molecule has 2 rings (SSSR count). The average molecular weight is 288 g/mol. The van der Waals surface area contributed by atoms with Gasteiger partial charge in [0, 0.05) is 11.4 Å². The molecule has 0 aromatic carbocycles. The highest BCUT2D eigenvalue weighted by Gasteiger charge is 2.22. The Morgan fingerprint density at radius 2 is 2.47 bits per heavy atom. The van der Waals surface area contributed by atoms with Gasteiger partial charge in [0.2, 0.25) is 0 Å². The van der Waals surface area contributed by atoms with Gasteiger partial charge in [0.05, 0.1) is 4.88 Å². The fourth-order valence-corrected chi connectivity index (χ4v) is 3.36. The highest BCUT2D eigenvalue weighted by molar-refractivity contribution is 9.09. The molecule has 1 aliphatic carbocycles. The van der Waals surface area contributed by atoms with E-state index in [1.165, 1.54) is 30.6 Å². The molecule has 1 amide bonds. The number of carbonyl (C=O) groups excluding carboxylic acids is 1. The van der Waals surface area contributed by atoms with Gasteiger partial charge < -0.3 is 5.32 Å². The zero-order valence-corrected chi connectivity index (χ0v) is 10.8. The molecule has 1 aliphatic rings. The molecule has 82 valence electrons. The first kappa shape index (κ1) is 11.1. The van der Waals surface area contributed by atoms with E-state index >= 15 is 0 Å². The van der Waals surface area contributed by atoms with Crippen molar-refractivity contribution in [1.29, 1.82) is 0 Å². The van der Waals surface area contributed by atoms with Gasteiger partial charge in [-0.05, 0) is 36.6 Å². The van der Waals surface area contributed by atoms with Crippen molar-refractivity contribution < 1.29 is 4.79 Å². The highest BCUT2D eigenvalue weighted by atomic mass is 79.9. The molecule has 2 atom stereocenters. The monoisotopic (exact) mass is 287 g/mol. The van der Waals surface area contributed by atoms with Gasteiger partial charge in [0.15, 0.2) is 0 Å². The van der Waals surface area contributed by atoms with Gasteiger partial charge in [0.1, 0.15) is 0 Å². The quantitative estimate of drug-likeness (QED) is 0.851. The average Bonchev–Trinajstić information content (AvgIpc) is 2.84. The second-order valence-electron chi connectivity index (χ2n) is 3.96. The van der Waals surface area contributed by atoms with E-state index in [1.54, 1.807) is 0 Å². The Morgan fingerprint density at radius 3 is 3.07 bits per heavy atom. The second-order valence-corrected chi connectivity index (χ2v) is 6.21. The van der Waals surface area contributed by atoms with Crippen LogP contribution in [0, 0.1) is 5.92 Å². The molecule has 1 saturated carbocycles. The van der Waals surface area contributed by atoms with Gasteiger partial charge >= 0.3 is 0 Å².